The maximum absolute atomic E-state index is 12.9. The fraction of sp³-hybridized carbons (Fsp3) is 0.190. The molecule has 140 valence electrons. The van der Waals surface area contributed by atoms with E-state index in [1.165, 1.54) is 0 Å². The number of urea groups is 1. The molecule has 1 N–H and O–H groups in total. The molecule has 0 atom stereocenters. The molecule has 0 unspecified atom stereocenters. The summed E-state index contributed by atoms with van der Waals surface area (Å²) in [6, 6.07) is 13.2. The largest absolute Gasteiger partial charge is 0.497 e. The number of aromatic nitrogens is 2. The fourth-order valence-corrected chi connectivity index (χ4v) is 3.38. The topological polar surface area (TPSA) is 65.8 Å². The van der Waals surface area contributed by atoms with E-state index in [-0.39, 0.29) is 6.03 Å². The van der Waals surface area contributed by atoms with Gasteiger partial charge in [-0.25, -0.2) is 9.64 Å². The number of methoxy groups -OCH3 is 1. The van der Waals surface area contributed by atoms with E-state index in [2.05, 4.69) is 15.0 Å². The number of ether oxygens (including phenoxy) is 1. The number of carbonyl (C=O) groups excluding carboxylic acids is 1. The van der Waals surface area contributed by atoms with Gasteiger partial charge in [0.15, 0.2) is 5.69 Å². The number of amides is 2. The van der Waals surface area contributed by atoms with Gasteiger partial charge in [-0.15, -0.1) is 0 Å². The highest BCUT2D eigenvalue weighted by molar-refractivity contribution is 5.95. The summed E-state index contributed by atoms with van der Waals surface area (Å²) < 4.78 is 5.26. The lowest BCUT2D eigenvalue weighted by Crippen LogP contribution is -2.31. The van der Waals surface area contributed by atoms with E-state index >= 15 is 0 Å². The highest BCUT2D eigenvalue weighted by atomic mass is 16.5. The molecular formula is C21H19N5O2. The van der Waals surface area contributed by atoms with Gasteiger partial charge in [-0.2, -0.15) is 5.10 Å². The predicted molar refractivity (Wildman–Crippen MR) is 106 cm³/mol. The Bertz CT molecular complexity index is 1040. The van der Waals surface area contributed by atoms with E-state index in [1.807, 2.05) is 36.4 Å². The van der Waals surface area contributed by atoms with Crippen LogP contribution in [0.1, 0.15) is 5.56 Å². The molecule has 0 saturated carbocycles. The van der Waals surface area contributed by atoms with Gasteiger partial charge in [-0.3, -0.25) is 10.00 Å². The normalized spacial score (nSPS) is 13.6. The number of benzene rings is 2. The van der Waals surface area contributed by atoms with Crippen LogP contribution in [0.5, 0.6) is 5.75 Å². The van der Waals surface area contributed by atoms with Crippen molar-refractivity contribution in [2.45, 2.75) is 6.54 Å². The molecule has 0 aliphatic carbocycles. The fourth-order valence-electron chi connectivity index (χ4n) is 3.38. The van der Waals surface area contributed by atoms with Gasteiger partial charge in [-0.05, 0) is 35.4 Å². The Kier molecular flexibility index (Phi) is 4.68. The van der Waals surface area contributed by atoms with Crippen molar-refractivity contribution in [2.24, 2.45) is 0 Å². The van der Waals surface area contributed by atoms with Gasteiger partial charge in [0.05, 0.1) is 19.9 Å². The average Bonchev–Trinajstić information content (AvgIpc) is 3.38. The van der Waals surface area contributed by atoms with Gasteiger partial charge in [-0.1, -0.05) is 18.2 Å². The molecule has 2 amide bonds. The molecule has 4 rings (SSSR count). The van der Waals surface area contributed by atoms with Crippen molar-refractivity contribution in [3.63, 3.8) is 0 Å². The summed E-state index contributed by atoms with van der Waals surface area (Å²) >= 11 is 0. The van der Waals surface area contributed by atoms with Crippen LogP contribution in [0.2, 0.25) is 0 Å². The summed E-state index contributed by atoms with van der Waals surface area (Å²) in [5.41, 5.74) is 3.90. The Hall–Kier alpha value is -3.79. The van der Waals surface area contributed by atoms with Gasteiger partial charge in [0.1, 0.15) is 5.75 Å². The standard InChI is InChI=1S/C21H19N5O2/c1-22-20-11-17(6-7-19(20)16-12-23-24-13-16)26-9-8-25(21(26)27)14-15-4-3-5-18(10-15)28-2/h3-7,10-13H,8-9,14H2,2H3,(H,23,24). The highest BCUT2D eigenvalue weighted by Crippen LogP contribution is 2.34. The predicted octanol–water partition coefficient (Wildman–Crippen LogP) is 4.08. The first-order valence-corrected chi connectivity index (χ1v) is 8.89. The third-order valence-electron chi connectivity index (χ3n) is 4.83. The number of nitrogens with one attached hydrogen (secondary N) is 1. The summed E-state index contributed by atoms with van der Waals surface area (Å²) in [6.45, 7) is 9.24. The lowest BCUT2D eigenvalue weighted by Gasteiger charge is -2.20. The summed E-state index contributed by atoms with van der Waals surface area (Å²) in [5, 5.41) is 6.70. The molecule has 2 heterocycles. The van der Waals surface area contributed by atoms with Crippen LogP contribution in [0, 0.1) is 6.57 Å². The Morgan fingerprint density at radius 2 is 2.14 bits per heavy atom. The number of rotatable bonds is 5. The molecule has 7 heteroatoms. The monoisotopic (exact) mass is 373 g/mol. The minimum atomic E-state index is -0.0604. The SMILES string of the molecule is [C-]#[N+]c1cc(N2CCN(Cc3cccc(OC)c3)C2=O)ccc1-c1cn[nH]c1. The molecule has 1 aliphatic rings. The smallest absolute Gasteiger partial charge is 0.324 e. The molecule has 0 radical (unpaired) electrons. The van der Waals surface area contributed by atoms with Crippen LogP contribution in [0.25, 0.3) is 16.0 Å². The van der Waals surface area contributed by atoms with Crippen molar-refractivity contribution >= 4 is 17.4 Å². The van der Waals surface area contributed by atoms with Gasteiger partial charge in [0, 0.05) is 37.1 Å². The lowest BCUT2D eigenvalue weighted by atomic mass is 10.1. The van der Waals surface area contributed by atoms with Crippen molar-refractivity contribution in [3.05, 3.63) is 71.8 Å². The first-order chi connectivity index (χ1) is 13.7. The molecule has 3 aromatic rings. The van der Waals surface area contributed by atoms with Crippen LogP contribution < -0.4 is 9.64 Å². The number of H-pyrrole nitrogens is 1. The van der Waals surface area contributed by atoms with Crippen molar-refractivity contribution in [2.75, 3.05) is 25.1 Å². The first kappa shape index (κ1) is 17.6. The second kappa shape index (κ2) is 7.45. The van der Waals surface area contributed by atoms with E-state index < -0.39 is 0 Å². The molecule has 28 heavy (non-hydrogen) atoms. The van der Waals surface area contributed by atoms with Crippen LogP contribution >= 0.6 is 0 Å². The maximum Gasteiger partial charge on any atom is 0.324 e. The number of hydrogen-bond acceptors (Lipinski definition) is 3. The Labute approximate surface area is 163 Å². The first-order valence-electron chi connectivity index (χ1n) is 8.89. The van der Waals surface area contributed by atoms with Crippen LogP contribution in [-0.4, -0.2) is 41.3 Å². The van der Waals surface area contributed by atoms with E-state index in [4.69, 9.17) is 11.3 Å². The molecule has 1 saturated heterocycles. The summed E-state index contributed by atoms with van der Waals surface area (Å²) in [7, 11) is 1.63. The molecule has 2 aromatic carbocycles. The molecule has 0 bridgehead atoms. The minimum absolute atomic E-state index is 0.0604. The summed E-state index contributed by atoms with van der Waals surface area (Å²) in [6.07, 6.45) is 3.43. The third-order valence-corrected chi connectivity index (χ3v) is 4.83. The maximum atomic E-state index is 12.9. The van der Waals surface area contributed by atoms with Crippen molar-refractivity contribution in [1.29, 1.82) is 0 Å². The number of anilines is 1. The van der Waals surface area contributed by atoms with Gasteiger partial charge < -0.3 is 9.64 Å². The van der Waals surface area contributed by atoms with Crippen molar-refractivity contribution in [3.8, 4) is 16.9 Å². The molecule has 1 aliphatic heterocycles. The van der Waals surface area contributed by atoms with Crippen LogP contribution in [0.3, 0.4) is 0 Å². The Balaban J connectivity index is 1.54. The van der Waals surface area contributed by atoms with E-state index in [9.17, 15) is 4.79 Å². The minimum Gasteiger partial charge on any atom is -0.497 e. The summed E-state index contributed by atoms with van der Waals surface area (Å²) in [5.74, 6) is 0.775. The van der Waals surface area contributed by atoms with Crippen LogP contribution in [0.15, 0.2) is 54.9 Å². The van der Waals surface area contributed by atoms with Gasteiger partial charge in [0.25, 0.3) is 0 Å². The van der Waals surface area contributed by atoms with Crippen LogP contribution in [-0.2, 0) is 6.54 Å². The summed E-state index contributed by atoms with van der Waals surface area (Å²) in [4.78, 5) is 20.1. The second-order valence-corrected chi connectivity index (χ2v) is 6.51. The Morgan fingerprint density at radius 1 is 1.25 bits per heavy atom. The van der Waals surface area contributed by atoms with Gasteiger partial charge >= 0.3 is 6.03 Å². The van der Waals surface area contributed by atoms with E-state index in [0.717, 1.165) is 28.1 Å². The highest BCUT2D eigenvalue weighted by Gasteiger charge is 2.30. The van der Waals surface area contributed by atoms with Gasteiger partial charge in [0.2, 0.25) is 0 Å². The molecule has 0 spiro atoms. The van der Waals surface area contributed by atoms with E-state index in [1.54, 1.807) is 35.4 Å². The van der Waals surface area contributed by atoms with Crippen LogP contribution in [0.4, 0.5) is 16.2 Å². The number of nitrogens with zero attached hydrogens (tertiary/aromatic N) is 4. The second-order valence-electron chi connectivity index (χ2n) is 6.51. The Morgan fingerprint density at radius 3 is 2.89 bits per heavy atom. The quantitative estimate of drug-likeness (QED) is 0.686. The van der Waals surface area contributed by atoms with E-state index in [0.29, 0.717) is 25.3 Å². The lowest BCUT2D eigenvalue weighted by molar-refractivity contribution is 0.218. The zero-order valence-corrected chi connectivity index (χ0v) is 15.4. The molecule has 1 fully saturated rings. The average molecular weight is 373 g/mol. The number of hydrogen-bond donors (Lipinski definition) is 1. The molecule has 1 aromatic heterocycles. The van der Waals surface area contributed by atoms with Crippen molar-refractivity contribution < 1.29 is 9.53 Å². The number of aromatic amines is 1. The zero-order chi connectivity index (χ0) is 19.5. The molecule has 7 nitrogen and oxygen atoms in total. The van der Waals surface area contributed by atoms with Crippen molar-refractivity contribution in [1.82, 2.24) is 15.1 Å². The zero-order valence-electron chi connectivity index (χ0n) is 15.4. The number of carbonyl (C=O) groups is 1. The molecular weight excluding hydrogens is 354 g/mol. The third kappa shape index (κ3) is 3.28.